The fourth-order valence-corrected chi connectivity index (χ4v) is 3.00. The standard InChI is InChI=1S/C20H32N2O3/c1-16-7-8-17(2)19(15-16)25-18(3)20(23)21(4)9-5-6-10-22-11-13-24-14-12-22/h7-8,15,18H,5-6,9-14H2,1-4H3/t18-/m1/s1. The zero-order chi connectivity index (χ0) is 18.2. The van der Waals surface area contributed by atoms with Crippen LogP contribution in [0, 0.1) is 13.8 Å². The highest BCUT2D eigenvalue weighted by Gasteiger charge is 2.20. The molecule has 0 radical (unpaired) electrons. The van der Waals surface area contributed by atoms with Crippen molar-refractivity contribution in [3.05, 3.63) is 29.3 Å². The first-order chi connectivity index (χ1) is 12.0. The van der Waals surface area contributed by atoms with Crippen molar-refractivity contribution in [2.24, 2.45) is 0 Å². The average molecular weight is 348 g/mol. The highest BCUT2D eigenvalue weighted by Crippen LogP contribution is 2.20. The smallest absolute Gasteiger partial charge is 0.263 e. The van der Waals surface area contributed by atoms with Gasteiger partial charge < -0.3 is 14.4 Å². The number of aryl methyl sites for hydroxylation is 2. The molecular formula is C20H32N2O3. The van der Waals surface area contributed by atoms with E-state index >= 15 is 0 Å². The molecule has 0 aliphatic carbocycles. The topological polar surface area (TPSA) is 42.0 Å². The van der Waals surface area contributed by atoms with E-state index in [1.54, 1.807) is 4.90 Å². The van der Waals surface area contributed by atoms with Crippen LogP contribution in [0.5, 0.6) is 5.75 Å². The molecule has 5 heteroatoms. The Labute approximate surface area is 151 Å². The molecule has 0 N–H and O–H groups in total. The van der Waals surface area contributed by atoms with Gasteiger partial charge in [0.25, 0.3) is 5.91 Å². The maximum Gasteiger partial charge on any atom is 0.263 e. The summed E-state index contributed by atoms with van der Waals surface area (Å²) in [5.74, 6) is 0.828. The third kappa shape index (κ3) is 6.33. The minimum Gasteiger partial charge on any atom is -0.481 e. The number of ether oxygens (including phenoxy) is 2. The van der Waals surface area contributed by atoms with Crippen LogP contribution in [-0.2, 0) is 9.53 Å². The summed E-state index contributed by atoms with van der Waals surface area (Å²) in [7, 11) is 1.86. The summed E-state index contributed by atoms with van der Waals surface area (Å²) in [6.07, 6.45) is 1.64. The Morgan fingerprint density at radius 3 is 2.72 bits per heavy atom. The summed E-state index contributed by atoms with van der Waals surface area (Å²) in [6, 6.07) is 6.06. The molecule has 1 amide bonds. The summed E-state index contributed by atoms with van der Waals surface area (Å²) >= 11 is 0. The Morgan fingerprint density at radius 2 is 2.00 bits per heavy atom. The van der Waals surface area contributed by atoms with Gasteiger partial charge in [-0.1, -0.05) is 12.1 Å². The van der Waals surface area contributed by atoms with E-state index in [0.29, 0.717) is 0 Å². The summed E-state index contributed by atoms with van der Waals surface area (Å²) < 4.78 is 11.3. The van der Waals surface area contributed by atoms with Gasteiger partial charge in [-0.25, -0.2) is 0 Å². The van der Waals surface area contributed by atoms with Crippen LogP contribution < -0.4 is 4.74 Å². The number of amides is 1. The van der Waals surface area contributed by atoms with Crippen molar-refractivity contribution in [3.63, 3.8) is 0 Å². The van der Waals surface area contributed by atoms with Crippen LogP contribution in [0.25, 0.3) is 0 Å². The van der Waals surface area contributed by atoms with Gasteiger partial charge in [0.2, 0.25) is 0 Å². The lowest BCUT2D eigenvalue weighted by Crippen LogP contribution is -2.39. The van der Waals surface area contributed by atoms with E-state index < -0.39 is 6.10 Å². The lowest BCUT2D eigenvalue weighted by molar-refractivity contribution is -0.136. The fourth-order valence-electron chi connectivity index (χ4n) is 3.00. The molecule has 25 heavy (non-hydrogen) atoms. The van der Waals surface area contributed by atoms with E-state index in [-0.39, 0.29) is 5.91 Å². The van der Waals surface area contributed by atoms with Crippen molar-refractivity contribution < 1.29 is 14.3 Å². The van der Waals surface area contributed by atoms with E-state index in [0.717, 1.165) is 69.1 Å². The normalized spacial score (nSPS) is 16.5. The van der Waals surface area contributed by atoms with Crippen LogP contribution >= 0.6 is 0 Å². The average Bonchev–Trinajstić information content (AvgIpc) is 2.61. The minimum absolute atomic E-state index is 0.0345. The Hall–Kier alpha value is -1.59. The lowest BCUT2D eigenvalue weighted by Gasteiger charge is -2.27. The predicted octanol–water partition coefficient (Wildman–Crippen LogP) is 2.64. The highest BCUT2D eigenvalue weighted by atomic mass is 16.5. The Bertz CT molecular complexity index is 556. The molecule has 1 aliphatic heterocycles. The van der Waals surface area contributed by atoms with Crippen molar-refractivity contribution in [2.45, 2.75) is 39.7 Å². The molecule has 0 saturated carbocycles. The largest absolute Gasteiger partial charge is 0.481 e. The monoisotopic (exact) mass is 348 g/mol. The van der Waals surface area contributed by atoms with E-state index in [2.05, 4.69) is 11.0 Å². The highest BCUT2D eigenvalue weighted by molar-refractivity contribution is 5.80. The molecule has 0 unspecified atom stereocenters. The van der Waals surface area contributed by atoms with E-state index in [9.17, 15) is 4.79 Å². The second kappa shape index (κ2) is 9.78. The van der Waals surface area contributed by atoms with Crippen molar-refractivity contribution in [1.82, 2.24) is 9.80 Å². The van der Waals surface area contributed by atoms with Crippen LogP contribution in [0.15, 0.2) is 18.2 Å². The van der Waals surface area contributed by atoms with E-state index in [1.165, 1.54) is 0 Å². The number of nitrogens with zero attached hydrogens (tertiary/aromatic N) is 2. The molecule has 140 valence electrons. The molecular weight excluding hydrogens is 316 g/mol. The Balaban J connectivity index is 1.71. The third-order valence-electron chi connectivity index (χ3n) is 4.69. The van der Waals surface area contributed by atoms with Crippen LogP contribution in [0.4, 0.5) is 0 Å². The van der Waals surface area contributed by atoms with E-state index in [4.69, 9.17) is 9.47 Å². The van der Waals surface area contributed by atoms with Crippen molar-refractivity contribution in [2.75, 3.05) is 46.4 Å². The second-order valence-corrected chi connectivity index (χ2v) is 6.95. The van der Waals surface area contributed by atoms with Gasteiger partial charge in [0.05, 0.1) is 13.2 Å². The molecule has 0 spiro atoms. The molecule has 1 atom stereocenters. The maximum atomic E-state index is 12.5. The van der Waals surface area contributed by atoms with Crippen molar-refractivity contribution in [3.8, 4) is 5.75 Å². The zero-order valence-electron chi connectivity index (χ0n) is 16.1. The number of hydrogen-bond donors (Lipinski definition) is 0. The number of rotatable bonds is 8. The number of unbranched alkanes of at least 4 members (excludes halogenated alkanes) is 1. The third-order valence-corrected chi connectivity index (χ3v) is 4.69. The van der Waals surface area contributed by atoms with Gasteiger partial charge in [0, 0.05) is 26.7 Å². The Morgan fingerprint density at radius 1 is 1.28 bits per heavy atom. The molecule has 1 heterocycles. The SMILES string of the molecule is Cc1ccc(C)c(O[C@H](C)C(=O)N(C)CCCCN2CCOCC2)c1. The molecule has 5 nitrogen and oxygen atoms in total. The summed E-state index contributed by atoms with van der Waals surface area (Å²) in [6.45, 7) is 11.4. The summed E-state index contributed by atoms with van der Waals surface area (Å²) in [5, 5.41) is 0. The van der Waals surface area contributed by atoms with Crippen LogP contribution in [0.3, 0.4) is 0 Å². The minimum atomic E-state index is -0.468. The number of carbonyl (C=O) groups excluding carboxylic acids is 1. The van der Waals surface area contributed by atoms with E-state index in [1.807, 2.05) is 40.0 Å². The van der Waals surface area contributed by atoms with Gasteiger partial charge in [0.1, 0.15) is 5.75 Å². The first kappa shape index (κ1) is 19.7. The molecule has 0 aromatic heterocycles. The van der Waals surface area contributed by atoms with Crippen LogP contribution in [0.1, 0.15) is 30.9 Å². The zero-order valence-corrected chi connectivity index (χ0v) is 16.1. The number of likely N-dealkylation sites (N-methyl/N-ethyl adjacent to an activating group) is 1. The molecule has 1 fully saturated rings. The van der Waals surface area contributed by atoms with Gasteiger partial charge in [-0.3, -0.25) is 9.69 Å². The quantitative estimate of drug-likeness (QED) is 0.678. The molecule has 1 aliphatic rings. The maximum absolute atomic E-state index is 12.5. The predicted molar refractivity (Wildman–Crippen MR) is 100 cm³/mol. The number of morpholine rings is 1. The van der Waals surface area contributed by atoms with Crippen molar-refractivity contribution in [1.29, 1.82) is 0 Å². The van der Waals surface area contributed by atoms with Crippen LogP contribution in [0.2, 0.25) is 0 Å². The summed E-state index contributed by atoms with van der Waals surface area (Å²) in [4.78, 5) is 16.7. The second-order valence-electron chi connectivity index (χ2n) is 6.95. The molecule has 2 rings (SSSR count). The van der Waals surface area contributed by atoms with Gasteiger partial charge >= 0.3 is 0 Å². The molecule has 1 saturated heterocycles. The Kier molecular flexibility index (Phi) is 7.72. The molecule has 1 aromatic rings. The van der Waals surface area contributed by atoms with Gasteiger partial charge in [-0.05, 0) is 57.4 Å². The number of hydrogen-bond acceptors (Lipinski definition) is 4. The number of carbonyl (C=O) groups is 1. The summed E-state index contributed by atoms with van der Waals surface area (Å²) in [5.41, 5.74) is 2.19. The van der Waals surface area contributed by atoms with Gasteiger partial charge in [-0.15, -0.1) is 0 Å². The fraction of sp³-hybridized carbons (Fsp3) is 0.650. The van der Waals surface area contributed by atoms with Gasteiger partial charge in [-0.2, -0.15) is 0 Å². The van der Waals surface area contributed by atoms with Crippen molar-refractivity contribution >= 4 is 5.91 Å². The molecule has 1 aromatic carbocycles. The number of benzene rings is 1. The lowest BCUT2D eigenvalue weighted by atomic mass is 10.1. The van der Waals surface area contributed by atoms with Gasteiger partial charge in [0.15, 0.2) is 6.10 Å². The molecule has 0 bridgehead atoms. The first-order valence-electron chi connectivity index (χ1n) is 9.26. The van der Waals surface area contributed by atoms with Crippen LogP contribution in [-0.4, -0.2) is 68.3 Å². The first-order valence-corrected chi connectivity index (χ1v) is 9.26.